The van der Waals surface area contributed by atoms with Crippen LogP contribution in [-0.2, 0) is 4.74 Å². The van der Waals surface area contributed by atoms with E-state index in [0.717, 1.165) is 36.5 Å². The minimum absolute atomic E-state index is 0.0340. The van der Waals surface area contributed by atoms with Crippen LogP contribution in [0.5, 0.6) is 0 Å². The molecular formula is C15H24O. The van der Waals surface area contributed by atoms with E-state index in [2.05, 4.69) is 26.7 Å². The fourth-order valence-corrected chi connectivity index (χ4v) is 2.25. The van der Waals surface area contributed by atoms with Crippen molar-refractivity contribution in [2.75, 3.05) is 0 Å². The van der Waals surface area contributed by atoms with E-state index < -0.39 is 0 Å². The molecule has 0 atom stereocenters. The Morgan fingerprint density at radius 2 is 1.94 bits per heavy atom. The van der Waals surface area contributed by atoms with Gasteiger partial charge in [-0.05, 0) is 57.4 Å². The van der Waals surface area contributed by atoms with Crippen molar-refractivity contribution in [2.24, 2.45) is 5.92 Å². The van der Waals surface area contributed by atoms with Gasteiger partial charge in [-0.3, -0.25) is 0 Å². The van der Waals surface area contributed by atoms with E-state index in [-0.39, 0.29) is 5.60 Å². The van der Waals surface area contributed by atoms with Crippen LogP contribution in [0.3, 0.4) is 0 Å². The SMILES string of the molecule is C=CCC1CCC(C)(OC(=C)C(=C)C)CC1. The molecule has 0 unspecified atom stereocenters. The lowest BCUT2D eigenvalue weighted by molar-refractivity contribution is -0.0192. The summed E-state index contributed by atoms with van der Waals surface area (Å²) in [4.78, 5) is 0. The predicted molar refractivity (Wildman–Crippen MR) is 70.2 cm³/mol. The van der Waals surface area contributed by atoms with Gasteiger partial charge in [-0.1, -0.05) is 19.2 Å². The molecule has 1 heteroatoms. The maximum Gasteiger partial charge on any atom is 0.115 e. The molecule has 90 valence electrons. The first-order valence-electron chi connectivity index (χ1n) is 6.11. The standard InChI is InChI=1S/C15H24O/c1-6-7-14-8-10-15(5,11-9-14)16-13(4)12(2)3/h6,14H,1-2,4,7-11H2,3,5H3. The molecule has 0 heterocycles. The summed E-state index contributed by atoms with van der Waals surface area (Å²) in [5.74, 6) is 1.54. The fourth-order valence-electron chi connectivity index (χ4n) is 2.25. The van der Waals surface area contributed by atoms with Crippen molar-refractivity contribution >= 4 is 0 Å². The molecule has 1 saturated carbocycles. The average molecular weight is 220 g/mol. The third-order valence-corrected chi connectivity index (χ3v) is 3.51. The monoisotopic (exact) mass is 220 g/mol. The number of hydrogen-bond acceptors (Lipinski definition) is 1. The Balaban J connectivity index is 2.46. The zero-order valence-corrected chi connectivity index (χ0v) is 10.7. The lowest BCUT2D eigenvalue weighted by Crippen LogP contribution is -2.33. The van der Waals surface area contributed by atoms with Crippen molar-refractivity contribution in [3.8, 4) is 0 Å². The summed E-state index contributed by atoms with van der Waals surface area (Å²) >= 11 is 0. The Morgan fingerprint density at radius 3 is 2.38 bits per heavy atom. The van der Waals surface area contributed by atoms with Crippen LogP contribution in [0.15, 0.2) is 37.1 Å². The molecule has 1 rings (SSSR count). The summed E-state index contributed by atoms with van der Waals surface area (Å²) in [6.07, 6.45) is 7.84. The zero-order valence-electron chi connectivity index (χ0n) is 10.7. The highest BCUT2D eigenvalue weighted by molar-refractivity contribution is 5.17. The van der Waals surface area contributed by atoms with E-state index in [1.807, 2.05) is 13.0 Å². The van der Waals surface area contributed by atoms with Gasteiger partial charge < -0.3 is 4.74 Å². The van der Waals surface area contributed by atoms with E-state index in [9.17, 15) is 0 Å². The van der Waals surface area contributed by atoms with Crippen molar-refractivity contribution in [2.45, 2.75) is 51.6 Å². The molecule has 1 aliphatic rings. The smallest absolute Gasteiger partial charge is 0.115 e. The molecule has 0 aliphatic heterocycles. The Hall–Kier alpha value is -0.980. The lowest BCUT2D eigenvalue weighted by atomic mass is 9.78. The average Bonchev–Trinajstić information content (AvgIpc) is 2.22. The van der Waals surface area contributed by atoms with Gasteiger partial charge >= 0.3 is 0 Å². The summed E-state index contributed by atoms with van der Waals surface area (Å²) in [5, 5.41) is 0. The molecule has 0 bridgehead atoms. The number of rotatable bonds is 5. The van der Waals surface area contributed by atoms with Crippen LogP contribution < -0.4 is 0 Å². The Kier molecular flexibility index (Phi) is 4.40. The molecule has 0 saturated heterocycles. The van der Waals surface area contributed by atoms with Gasteiger partial charge in [0.25, 0.3) is 0 Å². The molecule has 1 fully saturated rings. The van der Waals surface area contributed by atoms with Crippen molar-refractivity contribution < 1.29 is 4.74 Å². The van der Waals surface area contributed by atoms with E-state index >= 15 is 0 Å². The number of ether oxygens (including phenoxy) is 1. The second kappa shape index (κ2) is 5.38. The number of hydrogen-bond donors (Lipinski definition) is 0. The van der Waals surface area contributed by atoms with Crippen LogP contribution in [0.4, 0.5) is 0 Å². The van der Waals surface area contributed by atoms with E-state index in [1.165, 1.54) is 12.8 Å². The lowest BCUT2D eigenvalue weighted by Gasteiger charge is -2.38. The summed E-state index contributed by atoms with van der Waals surface area (Å²) in [6, 6.07) is 0. The van der Waals surface area contributed by atoms with E-state index in [1.54, 1.807) is 0 Å². The molecule has 0 aromatic heterocycles. The van der Waals surface area contributed by atoms with Gasteiger partial charge in [-0.15, -0.1) is 6.58 Å². The summed E-state index contributed by atoms with van der Waals surface area (Å²) in [5.41, 5.74) is 0.891. The third-order valence-electron chi connectivity index (χ3n) is 3.51. The van der Waals surface area contributed by atoms with Gasteiger partial charge in [-0.25, -0.2) is 0 Å². The molecule has 0 aromatic carbocycles. The van der Waals surface area contributed by atoms with Crippen molar-refractivity contribution in [1.82, 2.24) is 0 Å². The third kappa shape index (κ3) is 3.55. The zero-order chi connectivity index (χ0) is 12.2. The van der Waals surface area contributed by atoms with Crippen LogP contribution in [0, 0.1) is 5.92 Å². The maximum atomic E-state index is 5.95. The van der Waals surface area contributed by atoms with Gasteiger partial charge in [-0.2, -0.15) is 0 Å². The highest BCUT2D eigenvalue weighted by Gasteiger charge is 2.32. The summed E-state index contributed by atoms with van der Waals surface area (Å²) in [6.45, 7) is 15.7. The van der Waals surface area contributed by atoms with Crippen molar-refractivity contribution in [1.29, 1.82) is 0 Å². The van der Waals surface area contributed by atoms with Crippen LogP contribution in [0.1, 0.15) is 46.0 Å². The first-order valence-corrected chi connectivity index (χ1v) is 6.11. The highest BCUT2D eigenvalue weighted by atomic mass is 16.5. The second-order valence-corrected chi connectivity index (χ2v) is 5.22. The van der Waals surface area contributed by atoms with Gasteiger partial charge in [0.05, 0.1) is 0 Å². The van der Waals surface area contributed by atoms with E-state index in [0.29, 0.717) is 0 Å². The van der Waals surface area contributed by atoms with E-state index in [4.69, 9.17) is 4.74 Å². The Morgan fingerprint density at radius 1 is 1.38 bits per heavy atom. The van der Waals surface area contributed by atoms with Crippen LogP contribution in [0.25, 0.3) is 0 Å². The molecule has 0 amide bonds. The second-order valence-electron chi connectivity index (χ2n) is 5.22. The Bertz CT molecular complexity index is 280. The highest BCUT2D eigenvalue weighted by Crippen LogP contribution is 2.37. The molecule has 16 heavy (non-hydrogen) atoms. The molecule has 0 N–H and O–H groups in total. The van der Waals surface area contributed by atoms with Crippen molar-refractivity contribution in [3.63, 3.8) is 0 Å². The molecule has 0 spiro atoms. The van der Waals surface area contributed by atoms with Gasteiger partial charge in [0.1, 0.15) is 11.4 Å². The molecular weight excluding hydrogens is 196 g/mol. The van der Waals surface area contributed by atoms with Gasteiger partial charge in [0.15, 0.2) is 0 Å². The fraction of sp³-hybridized carbons (Fsp3) is 0.600. The first kappa shape index (κ1) is 13.1. The van der Waals surface area contributed by atoms with Crippen LogP contribution in [-0.4, -0.2) is 5.60 Å². The Labute approximate surface area is 99.9 Å². The number of allylic oxidation sites excluding steroid dienone is 2. The molecule has 0 radical (unpaired) electrons. The van der Waals surface area contributed by atoms with Gasteiger partial charge in [0.2, 0.25) is 0 Å². The van der Waals surface area contributed by atoms with Crippen LogP contribution in [0.2, 0.25) is 0 Å². The quantitative estimate of drug-likeness (QED) is 0.373. The first-order chi connectivity index (χ1) is 7.47. The molecule has 1 aliphatic carbocycles. The molecule has 1 nitrogen and oxygen atoms in total. The largest absolute Gasteiger partial charge is 0.488 e. The van der Waals surface area contributed by atoms with Crippen LogP contribution >= 0.6 is 0 Å². The minimum Gasteiger partial charge on any atom is -0.488 e. The molecule has 0 aromatic rings. The minimum atomic E-state index is -0.0340. The predicted octanol–water partition coefficient (Wildman–Crippen LogP) is 4.62. The summed E-state index contributed by atoms with van der Waals surface area (Å²) in [7, 11) is 0. The van der Waals surface area contributed by atoms with Gasteiger partial charge in [0, 0.05) is 0 Å². The topological polar surface area (TPSA) is 9.23 Å². The maximum absolute atomic E-state index is 5.95. The summed E-state index contributed by atoms with van der Waals surface area (Å²) < 4.78 is 5.95. The van der Waals surface area contributed by atoms with Crippen molar-refractivity contribution in [3.05, 3.63) is 37.1 Å². The normalized spacial score (nSPS) is 29.5.